The molecule has 2 aromatic carbocycles. The normalized spacial score (nSPS) is 10.9. The lowest BCUT2D eigenvalue weighted by Crippen LogP contribution is -2.19. The van der Waals surface area contributed by atoms with Crippen LogP contribution in [0.15, 0.2) is 60.7 Å². The molecule has 0 saturated carbocycles. The lowest BCUT2D eigenvalue weighted by atomic mass is 9.97. The zero-order valence-corrected chi connectivity index (χ0v) is 15.4. The van der Waals surface area contributed by atoms with Gasteiger partial charge < -0.3 is 14.7 Å². The van der Waals surface area contributed by atoms with Crippen LogP contribution >= 0.6 is 0 Å². The standard InChI is InChI=1S/C22H24N2O2/c1-16-15-20(26-14-13-24(2)3)21(17-9-11-19(25)12-10-17)22(23-16)18-7-5-4-6-8-18/h4-12,15,25H,13-14H2,1-3H3. The first-order chi connectivity index (χ1) is 12.5. The summed E-state index contributed by atoms with van der Waals surface area (Å²) in [6.07, 6.45) is 0. The lowest BCUT2D eigenvalue weighted by Gasteiger charge is -2.18. The first-order valence-corrected chi connectivity index (χ1v) is 8.68. The van der Waals surface area contributed by atoms with E-state index in [9.17, 15) is 5.11 Å². The Labute approximate surface area is 154 Å². The van der Waals surface area contributed by atoms with Crippen molar-refractivity contribution in [3.63, 3.8) is 0 Å². The molecular formula is C22H24N2O2. The molecule has 0 aliphatic heterocycles. The molecule has 1 heterocycles. The minimum absolute atomic E-state index is 0.241. The predicted molar refractivity (Wildman–Crippen MR) is 106 cm³/mol. The maximum absolute atomic E-state index is 9.65. The first-order valence-electron chi connectivity index (χ1n) is 8.68. The molecular weight excluding hydrogens is 324 g/mol. The Kier molecular flexibility index (Phi) is 5.54. The molecule has 26 heavy (non-hydrogen) atoms. The van der Waals surface area contributed by atoms with E-state index in [0.717, 1.165) is 40.4 Å². The van der Waals surface area contributed by atoms with Crippen molar-refractivity contribution in [2.45, 2.75) is 6.92 Å². The summed E-state index contributed by atoms with van der Waals surface area (Å²) in [7, 11) is 4.05. The van der Waals surface area contributed by atoms with Gasteiger partial charge in [-0.15, -0.1) is 0 Å². The van der Waals surface area contributed by atoms with Crippen LogP contribution in [0.25, 0.3) is 22.4 Å². The molecule has 0 unspecified atom stereocenters. The van der Waals surface area contributed by atoms with Gasteiger partial charge in [-0.3, -0.25) is 4.98 Å². The van der Waals surface area contributed by atoms with Gasteiger partial charge in [-0.25, -0.2) is 0 Å². The Morgan fingerprint density at radius 3 is 2.31 bits per heavy atom. The Balaban J connectivity index is 2.13. The summed E-state index contributed by atoms with van der Waals surface area (Å²) in [6.45, 7) is 3.40. The number of rotatable bonds is 6. The molecule has 3 rings (SSSR count). The Morgan fingerprint density at radius 1 is 0.962 bits per heavy atom. The van der Waals surface area contributed by atoms with E-state index in [1.54, 1.807) is 12.1 Å². The predicted octanol–water partition coefficient (Wildman–Crippen LogP) is 4.37. The van der Waals surface area contributed by atoms with Crippen LogP contribution in [0.3, 0.4) is 0 Å². The summed E-state index contributed by atoms with van der Waals surface area (Å²) in [5.74, 6) is 1.05. The molecule has 1 aromatic heterocycles. The fourth-order valence-corrected chi connectivity index (χ4v) is 2.81. The van der Waals surface area contributed by atoms with Crippen LogP contribution in [0.2, 0.25) is 0 Å². The monoisotopic (exact) mass is 348 g/mol. The van der Waals surface area contributed by atoms with E-state index in [1.807, 2.05) is 57.4 Å². The molecule has 4 heteroatoms. The van der Waals surface area contributed by atoms with Crippen LogP contribution in [0.1, 0.15) is 5.69 Å². The number of aryl methyl sites for hydroxylation is 1. The van der Waals surface area contributed by atoms with Gasteiger partial charge in [0.2, 0.25) is 0 Å². The number of pyridine rings is 1. The van der Waals surface area contributed by atoms with Crippen molar-refractivity contribution in [3.05, 3.63) is 66.4 Å². The number of phenolic OH excluding ortho intramolecular Hbond substituents is 1. The number of aromatic hydroxyl groups is 1. The van der Waals surface area contributed by atoms with Crippen molar-refractivity contribution < 1.29 is 9.84 Å². The fourth-order valence-electron chi connectivity index (χ4n) is 2.81. The average Bonchev–Trinajstić information content (AvgIpc) is 2.63. The molecule has 0 spiro atoms. The van der Waals surface area contributed by atoms with Gasteiger partial charge in [0, 0.05) is 23.9 Å². The fraction of sp³-hybridized carbons (Fsp3) is 0.227. The van der Waals surface area contributed by atoms with Crippen molar-refractivity contribution >= 4 is 0 Å². The SMILES string of the molecule is Cc1cc(OCCN(C)C)c(-c2ccc(O)cc2)c(-c2ccccc2)n1. The summed E-state index contributed by atoms with van der Waals surface area (Å²) < 4.78 is 6.13. The summed E-state index contributed by atoms with van der Waals surface area (Å²) in [6, 6.07) is 19.3. The topological polar surface area (TPSA) is 45.6 Å². The molecule has 1 N–H and O–H groups in total. The van der Waals surface area contributed by atoms with E-state index >= 15 is 0 Å². The molecule has 3 aromatic rings. The first kappa shape index (κ1) is 18.0. The van der Waals surface area contributed by atoms with Crippen molar-refractivity contribution in [2.75, 3.05) is 27.2 Å². The van der Waals surface area contributed by atoms with Gasteiger partial charge in [-0.1, -0.05) is 42.5 Å². The van der Waals surface area contributed by atoms with Crippen molar-refractivity contribution in [2.24, 2.45) is 0 Å². The third kappa shape index (κ3) is 4.21. The van der Waals surface area contributed by atoms with E-state index < -0.39 is 0 Å². The minimum atomic E-state index is 0.241. The Bertz CT molecular complexity index is 859. The molecule has 0 bridgehead atoms. The van der Waals surface area contributed by atoms with E-state index in [-0.39, 0.29) is 5.75 Å². The summed E-state index contributed by atoms with van der Waals surface area (Å²) >= 11 is 0. The third-order valence-electron chi connectivity index (χ3n) is 4.11. The number of hydrogen-bond acceptors (Lipinski definition) is 4. The molecule has 4 nitrogen and oxygen atoms in total. The number of nitrogens with zero attached hydrogens (tertiary/aromatic N) is 2. The maximum atomic E-state index is 9.65. The summed E-state index contributed by atoms with van der Waals surface area (Å²) in [4.78, 5) is 6.88. The highest BCUT2D eigenvalue weighted by molar-refractivity contribution is 5.85. The Morgan fingerprint density at radius 2 is 1.65 bits per heavy atom. The number of ether oxygens (including phenoxy) is 1. The van der Waals surface area contributed by atoms with Gasteiger partial charge in [0.15, 0.2) is 0 Å². The number of likely N-dealkylation sites (N-methyl/N-ethyl adjacent to an activating group) is 1. The van der Waals surface area contributed by atoms with Crippen molar-refractivity contribution in [1.29, 1.82) is 0 Å². The largest absolute Gasteiger partial charge is 0.508 e. The zero-order valence-electron chi connectivity index (χ0n) is 15.4. The van der Waals surface area contributed by atoms with Crippen molar-refractivity contribution in [3.8, 4) is 33.9 Å². The Hall–Kier alpha value is -2.85. The van der Waals surface area contributed by atoms with E-state index in [4.69, 9.17) is 9.72 Å². The van der Waals surface area contributed by atoms with Gasteiger partial charge in [0.05, 0.1) is 11.3 Å². The van der Waals surface area contributed by atoms with E-state index in [0.29, 0.717) is 6.61 Å². The smallest absolute Gasteiger partial charge is 0.131 e. The second-order valence-corrected chi connectivity index (χ2v) is 6.55. The molecule has 0 fully saturated rings. The van der Waals surface area contributed by atoms with Gasteiger partial charge in [0.25, 0.3) is 0 Å². The summed E-state index contributed by atoms with van der Waals surface area (Å²) in [5, 5.41) is 9.65. The highest BCUT2D eigenvalue weighted by Crippen LogP contribution is 2.39. The molecule has 0 aliphatic carbocycles. The molecule has 0 saturated heterocycles. The number of aromatic nitrogens is 1. The van der Waals surface area contributed by atoms with Crippen LogP contribution in [-0.2, 0) is 0 Å². The average molecular weight is 348 g/mol. The molecule has 0 aliphatic rings. The second-order valence-electron chi connectivity index (χ2n) is 6.55. The highest BCUT2D eigenvalue weighted by Gasteiger charge is 2.16. The van der Waals surface area contributed by atoms with E-state index in [2.05, 4.69) is 17.0 Å². The van der Waals surface area contributed by atoms with Gasteiger partial charge in [-0.2, -0.15) is 0 Å². The number of benzene rings is 2. The second kappa shape index (κ2) is 8.02. The van der Waals surface area contributed by atoms with Crippen LogP contribution in [0, 0.1) is 6.92 Å². The molecule has 0 amide bonds. The highest BCUT2D eigenvalue weighted by atomic mass is 16.5. The summed E-state index contributed by atoms with van der Waals surface area (Å²) in [5.41, 5.74) is 4.74. The number of hydrogen-bond donors (Lipinski definition) is 1. The van der Waals surface area contributed by atoms with Crippen molar-refractivity contribution in [1.82, 2.24) is 9.88 Å². The van der Waals surface area contributed by atoms with Crippen LogP contribution < -0.4 is 4.74 Å². The quantitative estimate of drug-likeness (QED) is 0.718. The van der Waals surface area contributed by atoms with E-state index in [1.165, 1.54) is 0 Å². The molecule has 134 valence electrons. The van der Waals surface area contributed by atoms with Crippen LogP contribution in [-0.4, -0.2) is 42.2 Å². The zero-order chi connectivity index (χ0) is 18.5. The van der Waals surface area contributed by atoms with Gasteiger partial charge in [0.1, 0.15) is 18.1 Å². The van der Waals surface area contributed by atoms with Gasteiger partial charge in [-0.05, 0) is 38.7 Å². The molecule has 0 radical (unpaired) electrons. The third-order valence-corrected chi connectivity index (χ3v) is 4.11. The molecule has 0 atom stereocenters. The van der Waals surface area contributed by atoms with Crippen LogP contribution in [0.5, 0.6) is 11.5 Å². The number of phenols is 1. The minimum Gasteiger partial charge on any atom is -0.508 e. The lowest BCUT2D eigenvalue weighted by molar-refractivity contribution is 0.262. The maximum Gasteiger partial charge on any atom is 0.131 e. The van der Waals surface area contributed by atoms with Crippen LogP contribution in [0.4, 0.5) is 0 Å². The van der Waals surface area contributed by atoms with Gasteiger partial charge >= 0.3 is 0 Å².